The maximum Gasteiger partial charge on any atom is 0.317 e. The van der Waals surface area contributed by atoms with E-state index in [1.54, 1.807) is 19.1 Å². The third-order valence-corrected chi connectivity index (χ3v) is 3.32. The van der Waals surface area contributed by atoms with Gasteiger partial charge in [0.05, 0.1) is 0 Å². The number of phenolic OH excluding ortho intramolecular Hbond substituents is 1. The van der Waals surface area contributed by atoms with Crippen LogP contribution in [0.3, 0.4) is 0 Å². The van der Waals surface area contributed by atoms with E-state index in [0.29, 0.717) is 12.3 Å². The minimum atomic E-state index is -0.493. The number of nitrogens with one attached hydrogen (secondary N) is 2. The molecule has 0 aliphatic carbocycles. The number of rotatable bonds is 5. The van der Waals surface area contributed by atoms with Crippen LogP contribution < -0.4 is 15.4 Å². The van der Waals surface area contributed by atoms with E-state index in [-0.39, 0.29) is 11.8 Å². The Balaban J connectivity index is 1.77. The molecule has 1 atom stereocenters. The topological polar surface area (TPSA) is 70.6 Å². The van der Waals surface area contributed by atoms with Crippen molar-refractivity contribution in [2.24, 2.45) is 0 Å². The fourth-order valence-corrected chi connectivity index (χ4v) is 2.27. The standard InChI is InChI=1S/C16H17BrN2O3/c1-11(22-15-7-5-14(20)6-8-15)19-16(21)18-10-12-3-2-4-13(17)9-12/h2-9,11,20H,10H2,1H3,(H2,18,19,21). The summed E-state index contributed by atoms with van der Waals surface area (Å²) >= 11 is 3.39. The van der Waals surface area contributed by atoms with E-state index in [0.717, 1.165) is 10.0 Å². The van der Waals surface area contributed by atoms with E-state index in [4.69, 9.17) is 4.74 Å². The Morgan fingerprint density at radius 1 is 1.27 bits per heavy atom. The van der Waals surface area contributed by atoms with Gasteiger partial charge in [0.2, 0.25) is 0 Å². The van der Waals surface area contributed by atoms with Crippen LogP contribution in [0.1, 0.15) is 12.5 Å². The SMILES string of the molecule is CC(NC(=O)NCc1cccc(Br)c1)Oc1ccc(O)cc1. The Morgan fingerprint density at radius 3 is 2.68 bits per heavy atom. The molecule has 116 valence electrons. The predicted octanol–water partition coefficient (Wildman–Crippen LogP) is 3.38. The van der Waals surface area contributed by atoms with Crippen molar-refractivity contribution in [2.75, 3.05) is 0 Å². The molecule has 0 heterocycles. The van der Waals surface area contributed by atoms with Crippen molar-refractivity contribution >= 4 is 22.0 Å². The van der Waals surface area contributed by atoms with Gasteiger partial charge in [0.25, 0.3) is 0 Å². The maximum atomic E-state index is 11.8. The molecule has 1 unspecified atom stereocenters. The summed E-state index contributed by atoms with van der Waals surface area (Å²) in [7, 11) is 0. The lowest BCUT2D eigenvalue weighted by molar-refractivity contribution is 0.177. The van der Waals surface area contributed by atoms with Crippen molar-refractivity contribution in [1.82, 2.24) is 10.6 Å². The van der Waals surface area contributed by atoms with Crippen LogP contribution in [0.4, 0.5) is 4.79 Å². The Kier molecular flexibility index (Phi) is 5.66. The highest BCUT2D eigenvalue weighted by Crippen LogP contribution is 2.16. The van der Waals surface area contributed by atoms with Crippen LogP contribution in [0.2, 0.25) is 0 Å². The normalized spacial score (nSPS) is 11.5. The van der Waals surface area contributed by atoms with Gasteiger partial charge in [-0.25, -0.2) is 4.79 Å². The van der Waals surface area contributed by atoms with Gasteiger partial charge in [-0.3, -0.25) is 0 Å². The number of ether oxygens (including phenoxy) is 1. The summed E-state index contributed by atoms with van der Waals surface area (Å²) in [6.45, 7) is 2.16. The summed E-state index contributed by atoms with van der Waals surface area (Å²) in [5.41, 5.74) is 0.997. The lowest BCUT2D eigenvalue weighted by Gasteiger charge is -2.16. The van der Waals surface area contributed by atoms with Crippen molar-refractivity contribution in [3.63, 3.8) is 0 Å². The van der Waals surface area contributed by atoms with Crippen molar-refractivity contribution in [1.29, 1.82) is 0 Å². The van der Waals surface area contributed by atoms with Crippen LogP contribution in [0.5, 0.6) is 11.5 Å². The summed E-state index contributed by atoms with van der Waals surface area (Å²) in [6.07, 6.45) is -0.493. The number of benzene rings is 2. The number of urea groups is 1. The molecule has 2 aromatic rings. The van der Waals surface area contributed by atoms with Gasteiger partial charge in [0, 0.05) is 11.0 Å². The zero-order valence-corrected chi connectivity index (χ0v) is 13.6. The molecule has 0 aliphatic rings. The number of amides is 2. The molecule has 0 fully saturated rings. The average molecular weight is 365 g/mol. The van der Waals surface area contributed by atoms with Crippen LogP contribution >= 0.6 is 15.9 Å². The Hall–Kier alpha value is -2.21. The first-order chi connectivity index (χ1) is 10.5. The second-order valence-electron chi connectivity index (χ2n) is 4.71. The number of hydrogen-bond acceptors (Lipinski definition) is 3. The molecule has 0 aliphatic heterocycles. The molecule has 0 radical (unpaired) electrons. The summed E-state index contributed by atoms with van der Waals surface area (Å²) in [5.74, 6) is 0.734. The summed E-state index contributed by atoms with van der Waals surface area (Å²) < 4.78 is 6.49. The summed E-state index contributed by atoms with van der Waals surface area (Å²) in [5, 5.41) is 14.6. The minimum Gasteiger partial charge on any atom is -0.508 e. The Labute approximate surface area is 137 Å². The van der Waals surface area contributed by atoms with Crippen LogP contribution in [0.15, 0.2) is 53.0 Å². The fraction of sp³-hybridized carbons (Fsp3) is 0.188. The van der Waals surface area contributed by atoms with Crippen molar-refractivity contribution in [3.05, 3.63) is 58.6 Å². The van der Waals surface area contributed by atoms with E-state index < -0.39 is 6.23 Å². The molecule has 0 aromatic heterocycles. The quantitative estimate of drug-likeness (QED) is 0.712. The first-order valence-corrected chi connectivity index (χ1v) is 7.57. The molecule has 3 N–H and O–H groups in total. The summed E-state index contributed by atoms with van der Waals surface area (Å²) in [6, 6.07) is 13.7. The van der Waals surface area contributed by atoms with Gasteiger partial charge in [-0.15, -0.1) is 0 Å². The van der Waals surface area contributed by atoms with Gasteiger partial charge in [-0.2, -0.15) is 0 Å². The number of halogens is 1. The van der Waals surface area contributed by atoms with Crippen LogP contribution in [-0.2, 0) is 6.54 Å². The highest BCUT2D eigenvalue weighted by atomic mass is 79.9. The lowest BCUT2D eigenvalue weighted by Crippen LogP contribution is -2.43. The molecule has 0 bridgehead atoms. The molecule has 5 nitrogen and oxygen atoms in total. The van der Waals surface area contributed by atoms with Crippen LogP contribution in [-0.4, -0.2) is 17.4 Å². The first-order valence-electron chi connectivity index (χ1n) is 6.77. The zero-order valence-electron chi connectivity index (χ0n) is 12.0. The van der Waals surface area contributed by atoms with Crippen molar-refractivity contribution in [2.45, 2.75) is 19.7 Å². The molecular formula is C16H17BrN2O3. The monoisotopic (exact) mass is 364 g/mol. The zero-order chi connectivity index (χ0) is 15.9. The number of aromatic hydroxyl groups is 1. The smallest absolute Gasteiger partial charge is 0.317 e. The highest BCUT2D eigenvalue weighted by molar-refractivity contribution is 9.10. The van der Waals surface area contributed by atoms with E-state index in [1.807, 2.05) is 24.3 Å². The number of carbonyl (C=O) groups excluding carboxylic acids is 1. The maximum absolute atomic E-state index is 11.8. The van der Waals surface area contributed by atoms with Crippen LogP contribution in [0.25, 0.3) is 0 Å². The van der Waals surface area contributed by atoms with Crippen LogP contribution in [0, 0.1) is 0 Å². The minimum absolute atomic E-state index is 0.166. The van der Waals surface area contributed by atoms with Gasteiger partial charge < -0.3 is 20.5 Å². The lowest BCUT2D eigenvalue weighted by atomic mass is 10.2. The first kappa shape index (κ1) is 16.2. The molecule has 0 saturated heterocycles. The highest BCUT2D eigenvalue weighted by Gasteiger charge is 2.08. The Morgan fingerprint density at radius 2 is 2.00 bits per heavy atom. The molecule has 22 heavy (non-hydrogen) atoms. The third kappa shape index (κ3) is 5.29. The van der Waals surface area contributed by atoms with E-state index >= 15 is 0 Å². The third-order valence-electron chi connectivity index (χ3n) is 2.83. The fourth-order valence-electron chi connectivity index (χ4n) is 1.82. The van der Waals surface area contributed by atoms with E-state index in [1.165, 1.54) is 12.1 Å². The van der Waals surface area contributed by atoms with Gasteiger partial charge in [0.1, 0.15) is 11.5 Å². The number of carbonyl (C=O) groups is 1. The largest absolute Gasteiger partial charge is 0.508 e. The molecule has 0 spiro atoms. The van der Waals surface area contributed by atoms with Crippen molar-refractivity contribution in [3.8, 4) is 11.5 Å². The molecule has 0 saturated carbocycles. The van der Waals surface area contributed by atoms with Crippen molar-refractivity contribution < 1.29 is 14.6 Å². The number of phenols is 1. The molecule has 6 heteroatoms. The molecule has 2 aromatic carbocycles. The van der Waals surface area contributed by atoms with Gasteiger partial charge >= 0.3 is 6.03 Å². The molecule has 2 rings (SSSR count). The molecular weight excluding hydrogens is 348 g/mol. The second kappa shape index (κ2) is 7.70. The van der Waals surface area contributed by atoms with Gasteiger partial charge in [0.15, 0.2) is 6.23 Å². The Bertz CT molecular complexity index is 632. The van der Waals surface area contributed by atoms with E-state index in [9.17, 15) is 9.90 Å². The van der Waals surface area contributed by atoms with E-state index in [2.05, 4.69) is 26.6 Å². The second-order valence-corrected chi connectivity index (χ2v) is 5.63. The predicted molar refractivity (Wildman–Crippen MR) is 87.7 cm³/mol. The van der Waals surface area contributed by atoms with Gasteiger partial charge in [-0.05, 0) is 48.9 Å². The summed E-state index contributed by atoms with van der Waals surface area (Å²) in [4.78, 5) is 11.8. The van der Waals surface area contributed by atoms with Gasteiger partial charge in [-0.1, -0.05) is 28.1 Å². The molecule has 2 amide bonds. The number of hydrogen-bond donors (Lipinski definition) is 3. The average Bonchev–Trinajstić information content (AvgIpc) is 2.47.